The van der Waals surface area contributed by atoms with Crippen LogP contribution >= 0.6 is 46.3 Å². The number of carbonyl (C=O) groups excluding carboxylic acids is 1. The van der Waals surface area contributed by atoms with Crippen molar-refractivity contribution in [2.45, 2.75) is 23.4 Å². The summed E-state index contributed by atoms with van der Waals surface area (Å²) in [6, 6.07) is 28.8. The summed E-state index contributed by atoms with van der Waals surface area (Å²) in [6.07, 6.45) is 2.26. The zero-order valence-corrected chi connectivity index (χ0v) is 25.1. The van der Waals surface area contributed by atoms with Gasteiger partial charge in [-0.2, -0.15) is 0 Å². The first-order valence-corrected chi connectivity index (χ1v) is 15.6. The summed E-state index contributed by atoms with van der Waals surface area (Å²) in [6.45, 7) is 0. The number of nitrogens with zero attached hydrogens (tertiary/aromatic N) is 4. The number of aromatic nitrogens is 4. The summed E-state index contributed by atoms with van der Waals surface area (Å²) in [7, 11) is 0. The number of thioether (sulfide) groups is 1. The molecule has 0 spiro atoms. The van der Waals surface area contributed by atoms with Crippen molar-refractivity contribution in [3.63, 3.8) is 0 Å². The molecule has 11 heteroatoms. The van der Waals surface area contributed by atoms with Crippen molar-refractivity contribution in [2.24, 2.45) is 0 Å². The molecule has 42 heavy (non-hydrogen) atoms. The predicted octanol–water partition coefficient (Wildman–Crippen LogP) is 8.30. The molecule has 6 rings (SSSR count). The number of nitrogens with one attached hydrogen (secondary N) is 1. The zero-order valence-electron chi connectivity index (χ0n) is 22.0. The maximum atomic E-state index is 13.3. The van der Waals surface area contributed by atoms with Gasteiger partial charge in [-0.05, 0) is 47.9 Å². The molecule has 1 amide bonds. The second-order valence-corrected chi connectivity index (χ2v) is 12.0. The largest absolute Gasteiger partial charge is 0.461 e. The van der Waals surface area contributed by atoms with Crippen LogP contribution in [-0.4, -0.2) is 25.7 Å². The van der Waals surface area contributed by atoms with Gasteiger partial charge in [0.25, 0.3) is 5.91 Å². The molecule has 0 saturated heterocycles. The van der Waals surface area contributed by atoms with Crippen molar-refractivity contribution in [1.82, 2.24) is 25.1 Å². The van der Waals surface area contributed by atoms with E-state index in [9.17, 15) is 4.79 Å². The van der Waals surface area contributed by atoms with Gasteiger partial charge < -0.3 is 9.73 Å². The van der Waals surface area contributed by atoms with E-state index in [-0.39, 0.29) is 11.9 Å². The molecule has 7 nitrogen and oxygen atoms in total. The van der Waals surface area contributed by atoms with Crippen LogP contribution in [0.25, 0.3) is 17.3 Å². The lowest BCUT2D eigenvalue weighted by Crippen LogP contribution is -2.30. The Balaban J connectivity index is 1.19. The third kappa shape index (κ3) is 6.44. The molecule has 6 aromatic rings. The highest BCUT2D eigenvalue weighted by Gasteiger charge is 2.21. The highest BCUT2D eigenvalue weighted by molar-refractivity contribution is 7.98. The highest BCUT2D eigenvalue weighted by Crippen LogP contribution is 2.33. The van der Waals surface area contributed by atoms with Crippen LogP contribution in [0.15, 0.2) is 112 Å². The van der Waals surface area contributed by atoms with Gasteiger partial charge in [-0.25, -0.2) is 4.98 Å². The fourth-order valence-corrected chi connectivity index (χ4v) is 6.45. The van der Waals surface area contributed by atoms with Crippen LogP contribution in [0.4, 0.5) is 0 Å². The van der Waals surface area contributed by atoms with E-state index in [4.69, 9.17) is 27.6 Å². The van der Waals surface area contributed by atoms with E-state index in [1.807, 2.05) is 65.2 Å². The van der Waals surface area contributed by atoms with Crippen LogP contribution in [0.5, 0.6) is 0 Å². The lowest BCUT2D eigenvalue weighted by molar-refractivity contribution is 0.0932. The van der Waals surface area contributed by atoms with Gasteiger partial charge in [-0.1, -0.05) is 95.6 Å². The minimum atomic E-state index is -0.216. The number of furan rings is 1. The van der Waals surface area contributed by atoms with Gasteiger partial charge in [-0.3, -0.25) is 9.36 Å². The Bertz CT molecular complexity index is 1790. The van der Waals surface area contributed by atoms with Gasteiger partial charge in [0, 0.05) is 5.38 Å². The first-order valence-electron chi connectivity index (χ1n) is 13.0. The van der Waals surface area contributed by atoms with Crippen molar-refractivity contribution in [1.29, 1.82) is 0 Å². The second-order valence-electron chi connectivity index (χ2n) is 9.26. The van der Waals surface area contributed by atoms with E-state index in [0.717, 1.165) is 21.8 Å². The molecule has 0 fully saturated rings. The SMILES string of the molecule is O=C(N[C@@H](Cc1ccccc1)c1ccccc1)c1csc(CSc2nnc(-c3ccco3)n2-c2ccc(Cl)c(Cl)c2)n1. The first-order chi connectivity index (χ1) is 20.5. The zero-order chi connectivity index (χ0) is 28.9. The van der Waals surface area contributed by atoms with E-state index < -0.39 is 0 Å². The molecule has 3 aromatic carbocycles. The molecule has 0 saturated carbocycles. The van der Waals surface area contributed by atoms with Crippen LogP contribution in [0.2, 0.25) is 10.0 Å². The fourth-order valence-electron chi connectivity index (χ4n) is 4.41. The molecule has 1 N–H and O–H groups in total. The highest BCUT2D eigenvalue weighted by atomic mass is 35.5. The molecule has 1 atom stereocenters. The molecule has 3 aromatic heterocycles. The summed E-state index contributed by atoms with van der Waals surface area (Å²) in [5, 5.41) is 16.0. The van der Waals surface area contributed by atoms with Crippen LogP contribution in [-0.2, 0) is 12.2 Å². The number of thiazole rings is 1. The Morgan fingerprint density at radius 1 is 0.952 bits per heavy atom. The number of rotatable bonds is 10. The molecule has 0 bridgehead atoms. The molecule has 0 aliphatic rings. The Kier molecular flexibility index (Phi) is 8.71. The van der Waals surface area contributed by atoms with Gasteiger partial charge >= 0.3 is 0 Å². The average Bonchev–Trinajstić information content (AvgIpc) is 3.79. The molecule has 3 heterocycles. The lowest BCUT2D eigenvalue weighted by Gasteiger charge is -2.19. The predicted molar refractivity (Wildman–Crippen MR) is 168 cm³/mol. The number of amides is 1. The van der Waals surface area contributed by atoms with Crippen molar-refractivity contribution in [3.05, 3.63) is 135 Å². The molecule has 0 radical (unpaired) electrons. The number of benzene rings is 3. The number of hydrogen-bond donors (Lipinski definition) is 1. The molecule has 210 valence electrons. The first kappa shape index (κ1) is 28.2. The molecule has 0 aliphatic carbocycles. The fraction of sp³-hybridized carbons (Fsp3) is 0.0968. The van der Waals surface area contributed by atoms with Gasteiger partial charge in [0.1, 0.15) is 10.7 Å². The lowest BCUT2D eigenvalue weighted by atomic mass is 9.99. The maximum Gasteiger partial charge on any atom is 0.271 e. The third-order valence-corrected chi connectivity index (χ3v) is 9.15. The van der Waals surface area contributed by atoms with E-state index in [1.54, 1.807) is 29.8 Å². The van der Waals surface area contributed by atoms with E-state index in [0.29, 0.717) is 44.7 Å². The van der Waals surface area contributed by atoms with Crippen molar-refractivity contribution >= 4 is 52.2 Å². The van der Waals surface area contributed by atoms with Crippen LogP contribution < -0.4 is 5.32 Å². The Morgan fingerprint density at radius 2 is 1.74 bits per heavy atom. The summed E-state index contributed by atoms with van der Waals surface area (Å²) in [5.41, 5.74) is 3.30. The van der Waals surface area contributed by atoms with Crippen molar-refractivity contribution < 1.29 is 9.21 Å². The van der Waals surface area contributed by atoms with Crippen LogP contribution in [0, 0.1) is 0 Å². The summed E-state index contributed by atoms with van der Waals surface area (Å²) in [4.78, 5) is 17.9. The quantitative estimate of drug-likeness (QED) is 0.153. The van der Waals surface area contributed by atoms with Gasteiger partial charge in [0.05, 0.1) is 33.8 Å². The van der Waals surface area contributed by atoms with Gasteiger partial charge in [0.15, 0.2) is 10.9 Å². The van der Waals surface area contributed by atoms with Gasteiger partial charge in [-0.15, -0.1) is 21.5 Å². The Hall–Kier alpha value is -3.89. The molecular formula is C31H23Cl2N5O2S2. The van der Waals surface area contributed by atoms with E-state index in [1.165, 1.54) is 23.1 Å². The number of hydrogen-bond acceptors (Lipinski definition) is 7. The average molecular weight is 633 g/mol. The number of halogens is 2. The normalized spacial score (nSPS) is 11.9. The van der Waals surface area contributed by atoms with Crippen LogP contribution in [0.3, 0.4) is 0 Å². The monoisotopic (exact) mass is 631 g/mol. The van der Waals surface area contributed by atoms with Crippen LogP contribution in [0.1, 0.15) is 32.7 Å². The van der Waals surface area contributed by atoms with E-state index >= 15 is 0 Å². The smallest absolute Gasteiger partial charge is 0.271 e. The second kappa shape index (κ2) is 13.0. The number of carbonyl (C=O) groups is 1. The maximum absolute atomic E-state index is 13.3. The minimum absolute atomic E-state index is 0.189. The standard InChI is InChI=1S/C31H23Cl2N5O2S2/c32-23-14-13-22(17-24(23)33)38-29(27-12-7-15-40-27)36-37-31(38)42-19-28-34-26(18-41-28)30(39)35-25(21-10-5-2-6-11-21)16-20-8-3-1-4-9-20/h1-15,17-18,25H,16,19H2,(H,35,39)/t25-/m0/s1. The Morgan fingerprint density at radius 3 is 2.48 bits per heavy atom. The minimum Gasteiger partial charge on any atom is -0.461 e. The summed E-state index contributed by atoms with van der Waals surface area (Å²) >= 11 is 15.4. The molecule has 0 aliphatic heterocycles. The molecule has 0 unspecified atom stereocenters. The Labute approximate surface area is 260 Å². The summed E-state index contributed by atoms with van der Waals surface area (Å²) in [5.74, 6) is 1.37. The van der Waals surface area contributed by atoms with E-state index in [2.05, 4.69) is 32.6 Å². The van der Waals surface area contributed by atoms with Gasteiger partial charge in [0.2, 0.25) is 5.82 Å². The van der Waals surface area contributed by atoms with Crippen molar-refractivity contribution in [2.75, 3.05) is 0 Å². The topological polar surface area (TPSA) is 85.8 Å². The summed E-state index contributed by atoms with van der Waals surface area (Å²) < 4.78 is 7.46. The molecular weight excluding hydrogens is 609 g/mol. The van der Waals surface area contributed by atoms with Crippen molar-refractivity contribution in [3.8, 4) is 17.3 Å². The third-order valence-electron chi connectivity index (χ3n) is 6.44.